The van der Waals surface area contributed by atoms with Crippen molar-refractivity contribution in [3.05, 3.63) is 120 Å². The van der Waals surface area contributed by atoms with Gasteiger partial charge in [0.2, 0.25) is 29.5 Å². The molecule has 1 saturated carbocycles. The van der Waals surface area contributed by atoms with Crippen molar-refractivity contribution in [2.75, 3.05) is 48.9 Å². The van der Waals surface area contributed by atoms with E-state index < -0.39 is 52.6 Å². The lowest BCUT2D eigenvalue weighted by Crippen LogP contribution is -2.57. The Morgan fingerprint density at radius 3 is 2.17 bits per heavy atom. The van der Waals surface area contributed by atoms with Gasteiger partial charge in [0, 0.05) is 62.0 Å². The lowest BCUT2D eigenvalue weighted by Gasteiger charge is -2.35. The van der Waals surface area contributed by atoms with E-state index in [9.17, 15) is 33.5 Å². The lowest BCUT2D eigenvalue weighted by atomic mass is 9.85. The predicted molar refractivity (Wildman–Crippen MR) is 288 cm³/mol. The molecule has 3 fully saturated rings. The van der Waals surface area contributed by atoms with Crippen LogP contribution in [0.4, 0.5) is 21.5 Å². The number of pyridine rings is 1. The first-order valence-electron chi connectivity index (χ1n) is 25.5. The molecule has 6 aromatic rings. The summed E-state index contributed by atoms with van der Waals surface area (Å²) in [5.41, 5.74) is 5.29. The van der Waals surface area contributed by atoms with E-state index in [1.807, 2.05) is 69.6 Å². The molecule has 0 bridgehead atoms. The molecule has 5 amide bonds. The monoisotopic (exact) mass is 1050 g/mol. The zero-order valence-electron chi connectivity index (χ0n) is 43.2. The number of halogens is 1. The van der Waals surface area contributed by atoms with Gasteiger partial charge in [-0.25, -0.2) is 9.37 Å². The maximum absolute atomic E-state index is 14.2. The number of nitrogens with zero attached hydrogens (tertiary/aromatic N) is 4. The van der Waals surface area contributed by atoms with Gasteiger partial charge in [-0.2, -0.15) is 0 Å². The minimum Gasteiger partial charge on any atom is -0.495 e. The molecule has 4 aromatic carbocycles. The number of ether oxygens (including phenoxy) is 3. The van der Waals surface area contributed by atoms with Crippen molar-refractivity contribution in [1.29, 1.82) is 0 Å². The number of amides is 5. The summed E-state index contributed by atoms with van der Waals surface area (Å²) in [6.07, 6.45) is 3.02. The Hall–Kier alpha value is -7.48. The van der Waals surface area contributed by atoms with Crippen molar-refractivity contribution in [3.8, 4) is 27.7 Å². The summed E-state index contributed by atoms with van der Waals surface area (Å²) in [4.78, 5) is 81.1. The number of β-amino-alcohol motifs (C(OH)–C–C–N with tert-alkyl or cyclic N) is 1. The first kappa shape index (κ1) is 53.3. The third-order valence-corrected chi connectivity index (χ3v) is 15.2. The number of likely N-dealkylation sites (tertiary alicyclic amines) is 1. The summed E-state index contributed by atoms with van der Waals surface area (Å²) in [6, 6.07) is 23.9. The van der Waals surface area contributed by atoms with Crippen molar-refractivity contribution in [1.82, 2.24) is 25.5 Å². The van der Waals surface area contributed by atoms with Gasteiger partial charge in [-0.1, -0.05) is 45.0 Å². The normalized spacial score (nSPS) is 17.7. The zero-order valence-corrected chi connectivity index (χ0v) is 44.0. The molecule has 2 aromatic heterocycles. The van der Waals surface area contributed by atoms with Crippen molar-refractivity contribution in [2.24, 2.45) is 10.8 Å². The van der Waals surface area contributed by atoms with Crippen LogP contribution < -0.4 is 35.6 Å². The molecule has 2 saturated heterocycles. The maximum Gasteiger partial charge on any atom is 0.246 e. The van der Waals surface area contributed by atoms with E-state index in [1.54, 1.807) is 55.0 Å². The van der Waals surface area contributed by atoms with E-state index >= 15 is 0 Å². The number of methoxy groups -OCH3 is 1. The highest BCUT2D eigenvalue weighted by Crippen LogP contribution is 2.48. The molecule has 2 aliphatic heterocycles. The van der Waals surface area contributed by atoms with Gasteiger partial charge in [0.1, 0.15) is 40.6 Å². The summed E-state index contributed by atoms with van der Waals surface area (Å²) < 4.78 is 31.8. The molecule has 3 atom stereocenters. The van der Waals surface area contributed by atoms with Crippen LogP contribution in [0.25, 0.3) is 21.3 Å². The molecule has 19 heteroatoms. The molecule has 17 nitrogen and oxygen atoms in total. The molecule has 0 spiro atoms. The second-order valence-electron chi connectivity index (χ2n) is 20.7. The second kappa shape index (κ2) is 22.8. The van der Waals surface area contributed by atoms with Crippen LogP contribution in [0.5, 0.6) is 17.2 Å². The zero-order chi connectivity index (χ0) is 53.7. The van der Waals surface area contributed by atoms with Crippen molar-refractivity contribution in [3.63, 3.8) is 0 Å². The Labute approximate surface area is 444 Å². The number of aliphatic hydroxyl groups is 1. The second-order valence-corrected chi connectivity index (χ2v) is 21.6. The van der Waals surface area contributed by atoms with Gasteiger partial charge in [-0.05, 0) is 116 Å². The maximum atomic E-state index is 14.2. The van der Waals surface area contributed by atoms with Crippen LogP contribution in [-0.4, -0.2) is 107 Å². The topological polar surface area (TPSA) is 214 Å². The third kappa shape index (κ3) is 12.3. The summed E-state index contributed by atoms with van der Waals surface area (Å²) in [5, 5.41) is 22.8. The van der Waals surface area contributed by atoms with Gasteiger partial charge < -0.3 is 50.4 Å². The van der Waals surface area contributed by atoms with Crippen LogP contribution in [0.3, 0.4) is 0 Å². The number of hydrogen-bond acceptors (Lipinski definition) is 13. The van der Waals surface area contributed by atoms with Crippen LogP contribution in [0.15, 0.2) is 103 Å². The Balaban J connectivity index is 0.740. The van der Waals surface area contributed by atoms with Crippen LogP contribution >= 0.6 is 11.3 Å². The number of thiazole rings is 1. The molecule has 0 unspecified atom stereocenters. The fourth-order valence-electron chi connectivity index (χ4n) is 9.68. The average molecular weight is 1060 g/mol. The highest BCUT2D eigenvalue weighted by molar-refractivity contribution is 7.13. The van der Waals surface area contributed by atoms with Crippen LogP contribution in [0.1, 0.15) is 70.6 Å². The molecular formula is C57H63FN8O9S. The largest absolute Gasteiger partial charge is 0.495 e. The number of nitrogens with one attached hydrogen (secondary N) is 4. The molecule has 1 aliphatic carbocycles. The quantitative estimate of drug-likeness (QED) is 0.0516. The van der Waals surface area contributed by atoms with Gasteiger partial charge in [0.05, 0.1) is 53.2 Å². The summed E-state index contributed by atoms with van der Waals surface area (Å²) >= 11 is 1.57. The van der Waals surface area contributed by atoms with Crippen molar-refractivity contribution < 1.29 is 47.7 Å². The number of hydrogen-bond donors (Lipinski definition) is 5. The van der Waals surface area contributed by atoms with E-state index in [-0.39, 0.29) is 50.5 Å². The number of carbonyl (C=O) groups excluding carboxylic acids is 5. The van der Waals surface area contributed by atoms with Crippen molar-refractivity contribution >= 4 is 68.8 Å². The van der Waals surface area contributed by atoms with E-state index in [0.29, 0.717) is 72.9 Å². The van der Waals surface area contributed by atoms with Gasteiger partial charge in [-0.15, -0.1) is 11.3 Å². The van der Waals surface area contributed by atoms with E-state index in [1.165, 1.54) is 29.2 Å². The van der Waals surface area contributed by atoms with Gasteiger partial charge in [0.15, 0.2) is 0 Å². The minimum atomic E-state index is -1.20. The van der Waals surface area contributed by atoms with Gasteiger partial charge in [-0.3, -0.25) is 29.0 Å². The first-order valence-corrected chi connectivity index (χ1v) is 26.4. The smallest absolute Gasteiger partial charge is 0.246 e. The average Bonchev–Trinajstić information content (AvgIpc) is 3.99. The SMILES string of the molecule is COc1cc2c(Oc3ccc(NC(=O)C4(C(=O)Nc5ccc(F)cc5)CC4)cc3)ccnc2cc1N1CCC(OCCC(=O)N[C@H](C(=O)N2C[C@H](O)C[C@H]2C(=O)NCc2ccc(-c3scnc3C)cc2)C(C)(C)C)CC1. The summed E-state index contributed by atoms with van der Waals surface area (Å²) in [6.45, 7) is 9.24. The van der Waals surface area contributed by atoms with E-state index in [4.69, 9.17) is 14.2 Å². The van der Waals surface area contributed by atoms with Crippen LogP contribution in [0.2, 0.25) is 0 Å². The highest BCUT2D eigenvalue weighted by Gasteiger charge is 2.56. The number of aliphatic hydroxyl groups excluding tert-OH is 1. The van der Waals surface area contributed by atoms with Crippen molar-refractivity contribution in [2.45, 2.75) is 97.1 Å². The predicted octanol–water partition coefficient (Wildman–Crippen LogP) is 8.15. The molecular weight excluding hydrogens is 992 g/mol. The Bertz CT molecular complexity index is 3080. The molecule has 5 N–H and O–H groups in total. The Morgan fingerprint density at radius 1 is 0.882 bits per heavy atom. The molecule has 76 heavy (non-hydrogen) atoms. The fourth-order valence-corrected chi connectivity index (χ4v) is 10.5. The fraction of sp³-hybridized carbons (Fsp3) is 0.386. The van der Waals surface area contributed by atoms with Gasteiger partial charge >= 0.3 is 0 Å². The number of aromatic nitrogens is 2. The van der Waals surface area contributed by atoms with Crippen LogP contribution in [-0.2, 0) is 35.3 Å². The van der Waals surface area contributed by atoms with E-state index in [0.717, 1.165) is 32.8 Å². The van der Waals surface area contributed by atoms with E-state index in [2.05, 4.69) is 36.1 Å². The highest BCUT2D eigenvalue weighted by atomic mass is 32.1. The number of carbonyl (C=O) groups is 5. The molecule has 0 radical (unpaired) electrons. The minimum absolute atomic E-state index is 0.0168. The molecule has 9 rings (SSSR count). The first-order chi connectivity index (χ1) is 36.5. The number of piperidine rings is 1. The number of rotatable bonds is 18. The lowest BCUT2D eigenvalue weighted by molar-refractivity contribution is -0.144. The number of benzene rings is 4. The summed E-state index contributed by atoms with van der Waals surface area (Å²) in [7, 11) is 1.61. The molecule has 3 aliphatic rings. The number of aryl methyl sites for hydroxylation is 1. The Kier molecular flexibility index (Phi) is 16.0. The van der Waals surface area contributed by atoms with Gasteiger partial charge in [0.25, 0.3) is 0 Å². The summed E-state index contributed by atoms with van der Waals surface area (Å²) in [5.74, 6) is -0.717. The number of anilines is 3. The molecule has 4 heterocycles. The standard InChI is InChI=1S/C57H63FN8O9S/c1-34-50(76-33-61-34)36-8-6-35(7-9-36)31-60-52(69)46-28-40(67)32-66(46)53(70)51(56(2,3)4)64-49(68)21-27-74-41-19-25-65(26-20-41)45-30-44-43(29-48(45)73-5)47(18-24-59-44)75-42-16-14-39(15-17-42)63-55(72)57(22-23-57)54(71)62-38-12-10-37(58)11-13-38/h6-18,24,29-30,33,40-41,46,51,67H,19-23,25-28,31-32H2,1-5H3,(H,60,69)(H,62,71)(H,63,72)(H,64,68)/t40-,46+,51-/m1/s1. The van der Waals surface area contributed by atoms with Crippen LogP contribution in [0, 0.1) is 23.6 Å². The Morgan fingerprint density at radius 2 is 1.55 bits per heavy atom. The molecule has 398 valence electrons. The third-order valence-electron chi connectivity index (χ3n) is 14.2. The number of fused-ring (bicyclic) bond motifs is 1.